The Hall–Kier alpha value is -2.60. The van der Waals surface area contributed by atoms with Gasteiger partial charge in [0, 0.05) is 18.7 Å². The van der Waals surface area contributed by atoms with Crippen molar-refractivity contribution >= 4 is 5.84 Å². The Labute approximate surface area is 112 Å². The molecule has 0 fully saturated rings. The Bertz CT molecular complexity index is 665. The molecular formula is C16H13N3. The molecule has 0 amide bonds. The van der Waals surface area contributed by atoms with Crippen molar-refractivity contribution in [1.82, 2.24) is 4.90 Å². The van der Waals surface area contributed by atoms with Crippen molar-refractivity contribution in [2.75, 3.05) is 0 Å². The summed E-state index contributed by atoms with van der Waals surface area (Å²) in [6.07, 6.45) is 0. The summed E-state index contributed by atoms with van der Waals surface area (Å²) in [5.74, 6) is 0.583. The highest BCUT2D eigenvalue weighted by atomic mass is 15.2. The van der Waals surface area contributed by atoms with Gasteiger partial charge in [-0.05, 0) is 23.3 Å². The highest BCUT2D eigenvalue weighted by Gasteiger charge is 2.23. The summed E-state index contributed by atoms with van der Waals surface area (Å²) in [6.45, 7) is 1.49. The summed E-state index contributed by atoms with van der Waals surface area (Å²) < 4.78 is 0. The topological polar surface area (TPSA) is 50.9 Å². The maximum absolute atomic E-state index is 8.78. The van der Waals surface area contributed by atoms with E-state index in [1.807, 2.05) is 47.4 Å². The first-order valence-corrected chi connectivity index (χ1v) is 6.19. The van der Waals surface area contributed by atoms with Crippen molar-refractivity contribution in [1.29, 1.82) is 10.7 Å². The molecule has 1 aliphatic heterocycles. The zero-order chi connectivity index (χ0) is 13.2. The molecule has 0 aliphatic carbocycles. The predicted octanol–water partition coefficient (Wildman–Crippen LogP) is 2.90. The largest absolute Gasteiger partial charge is 0.348 e. The average molecular weight is 247 g/mol. The number of hydrogen-bond donors (Lipinski definition) is 1. The summed E-state index contributed by atoms with van der Waals surface area (Å²) in [5.41, 5.74) is 4.03. The molecule has 0 saturated carbocycles. The molecule has 1 N–H and O–H groups in total. The molecule has 3 heteroatoms. The molecule has 0 spiro atoms. The van der Waals surface area contributed by atoms with Crippen molar-refractivity contribution in [3.05, 3.63) is 70.8 Å². The summed E-state index contributed by atoms with van der Waals surface area (Å²) in [4.78, 5) is 2.05. The highest BCUT2D eigenvalue weighted by molar-refractivity contribution is 6.00. The van der Waals surface area contributed by atoms with E-state index in [1.54, 1.807) is 0 Å². The van der Waals surface area contributed by atoms with Crippen molar-refractivity contribution in [2.24, 2.45) is 0 Å². The van der Waals surface area contributed by atoms with E-state index in [4.69, 9.17) is 10.7 Å². The van der Waals surface area contributed by atoms with Gasteiger partial charge in [-0.25, -0.2) is 0 Å². The third-order valence-electron chi connectivity index (χ3n) is 3.41. The number of hydrogen-bond acceptors (Lipinski definition) is 2. The molecule has 1 aliphatic rings. The smallest absolute Gasteiger partial charge is 0.129 e. The van der Waals surface area contributed by atoms with Crippen LogP contribution in [0.5, 0.6) is 0 Å². The summed E-state index contributed by atoms with van der Waals surface area (Å²) >= 11 is 0. The quantitative estimate of drug-likeness (QED) is 0.887. The van der Waals surface area contributed by atoms with Crippen LogP contribution < -0.4 is 0 Å². The Morgan fingerprint density at radius 1 is 1.11 bits per heavy atom. The minimum absolute atomic E-state index is 0.583. The molecule has 2 aromatic carbocycles. The van der Waals surface area contributed by atoms with Crippen LogP contribution in [-0.4, -0.2) is 10.7 Å². The minimum atomic E-state index is 0.583. The first-order valence-electron chi connectivity index (χ1n) is 6.19. The zero-order valence-corrected chi connectivity index (χ0v) is 10.4. The van der Waals surface area contributed by atoms with E-state index in [2.05, 4.69) is 12.1 Å². The van der Waals surface area contributed by atoms with Crippen LogP contribution in [0.1, 0.15) is 22.3 Å². The molecule has 92 valence electrons. The van der Waals surface area contributed by atoms with Crippen LogP contribution in [-0.2, 0) is 13.1 Å². The molecular weight excluding hydrogens is 234 g/mol. The number of rotatable bonds is 2. The summed E-state index contributed by atoms with van der Waals surface area (Å²) in [5, 5.41) is 17.0. The van der Waals surface area contributed by atoms with Crippen LogP contribution in [0.25, 0.3) is 0 Å². The van der Waals surface area contributed by atoms with Gasteiger partial charge in [-0.2, -0.15) is 5.26 Å². The third-order valence-corrected chi connectivity index (χ3v) is 3.41. The van der Waals surface area contributed by atoms with Gasteiger partial charge in [0.25, 0.3) is 0 Å². The van der Waals surface area contributed by atoms with Gasteiger partial charge in [-0.15, -0.1) is 0 Å². The van der Waals surface area contributed by atoms with Gasteiger partial charge in [-0.1, -0.05) is 36.4 Å². The molecule has 2 aromatic rings. The highest BCUT2D eigenvalue weighted by Crippen LogP contribution is 2.23. The number of benzene rings is 2. The van der Waals surface area contributed by atoms with Crippen LogP contribution in [0.4, 0.5) is 0 Å². The van der Waals surface area contributed by atoms with Crippen molar-refractivity contribution in [2.45, 2.75) is 13.1 Å². The lowest BCUT2D eigenvalue weighted by atomic mass is 10.1. The molecule has 0 aromatic heterocycles. The summed E-state index contributed by atoms with van der Waals surface area (Å²) in [6, 6.07) is 17.7. The summed E-state index contributed by atoms with van der Waals surface area (Å²) in [7, 11) is 0. The first kappa shape index (κ1) is 11.5. The molecule has 3 rings (SSSR count). The normalized spacial score (nSPS) is 13.2. The fourth-order valence-electron chi connectivity index (χ4n) is 2.38. The SMILES string of the molecule is N#Cc1ccc(CN2Cc3ccccc3C2=N)cc1. The van der Waals surface area contributed by atoms with Crippen molar-refractivity contribution in [3.8, 4) is 6.07 Å². The second-order valence-corrected chi connectivity index (χ2v) is 4.67. The van der Waals surface area contributed by atoms with Crippen LogP contribution in [0.2, 0.25) is 0 Å². The molecule has 0 radical (unpaired) electrons. The lowest BCUT2D eigenvalue weighted by molar-refractivity contribution is 0.422. The Kier molecular flexibility index (Phi) is 2.77. The van der Waals surface area contributed by atoms with E-state index in [-0.39, 0.29) is 0 Å². The fourth-order valence-corrected chi connectivity index (χ4v) is 2.38. The lowest BCUT2D eigenvalue weighted by Crippen LogP contribution is -2.23. The maximum atomic E-state index is 8.78. The molecule has 0 saturated heterocycles. The van der Waals surface area contributed by atoms with Gasteiger partial charge in [0.05, 0.1) is 11.6 Å². The Balaban J connectivity index is 1.79. The van der Waals surface area contributed by atoms with Gasteiger partial charge in [-0.3, -0.25) is 5.41 Å². The number of fused-ring (bicyclic) bond motifs is 1. The minimum Gasteiger partial charge on any atom is -0.348 e. The predicted molar refractivity (Wildman–Crippen MR) is 73.7 cm³/mol. The molecule has 1 heterocycles. The van der Waals surface area contributed by atoms with E-state index in [1.165, 1.54) is 5.56 Å². The molecule has 3 nitrogen and oxygen atoms in total. The Morgan fingerprint density at radius 2 is 1.84 bits per heavy atom. The molecule has 0 bridgehead atoms. The number of amidine groups is 1. The number of nitrogens with zero attached hydrogens (tertiary/aromatic N) is 2. The van der Waals surface area contributed by atoms with Gasteiger partial charge in [0.2, 0.25) is 0 Å². The number of nitriles is 1. The van der Waals surface area contributed by atoms with E-state index in [0.29, 0.717) is 17.9 Å². The van der Waals surface area contributed by atoms with E-state index >= 15 is 0 Å². The average Bonchev–Trinajstić information content (AvgIpc) is 2.77. The van der Waals surface area contributed by atoms with Crippen molar-refractivity contribution < 1.29 is 0 Å². The zero-order valence-electron chi connectivity index (χ0n) is 10.4. The lowest BCUT2D eigenvalue weighted by Gasteiger charge is -2.17. The monoisotopic (exact) mass is 247 g/mol. The van der Waals surface area contributed by atoms with Crippen molar-refractivity contribution in [3.63, 3.8) is 0 Å². The maximum Gasteiger partial charge on any atom is 0.129 e. The standard InChI is InChI=1S/C16H13N3/c17-9-12-5-7-13(8-6-12)10-19-11-14-3-1-2-4-15(14)16(19)18/h1-8,18H,10-11H2. The van der Waals surface area contributed by atoms with Crippen LogP contribution in [0.15, 0.2) is 48.5 Å². The van der Waals surface area contributed by atoms with Gasteiger partial charge in [0.1, 0.15) is 5.84 Å². The van der Waals surface area contributed by atoms with Gasteiger partial charge in [0.15, 0.2) is 0 Å². The second kappa shape index (κ2) is 4.58. The van der Waals surface area contributed by atoms with Crippen LogP contribution in [0.3, 0.4) is 0 Å². The Morgan fingerprint density at radius 3 is 2.53 bits per heavy atom. The molecule has 0 unspecified atom stereocenters. The van der Waals surface area contributed by atoms with E-state index in [0.717, 1.165) is 17.7 Å². The number of nitrogens with one attached hydrogen (secondary N) is 1. The van der Waals surface area contributed by atoms with E-state index < -0.39 is 0 Å². The third kappa shape index (κ3) is 2.09. The molecule has 19 heavy (non-hydrogen) atoms. The first-order chi connectivity index (χ1) is 9.28. The van der Waals surface area contributed by atoms with Crippen LogP contribution >= 0.6 is 0 Å². The second-order valence-electron chi connectivity index (χ2n) is 4.67. The molecule has 0 atom stereocenters. The fraction of sp³-hybridized carbons (Fsp3) is 0.125. The van der Waals surface area contributed by atoms with Gasteiger partial charge < -0.3 is 4.90 Å². The van der Waals surface area contributed by atoms with Crippen LogP contribution in [0, 0.1) is 16.7 Å². The van der Waals surface area contributed by atoms with Gasteiger partial charge >= 0.3 is 0 Å². The van der Waals surface area contributed by atoms with E-state index in [9.17, 15) is 0 Å².